The lowest BCUT2D eigenvalue weighted by Crippen LogP contribution is -2.40. The van der Waals surface area contributed by atoms with E-state index < -0.39 is 0 Å². The zero-order chi connectivity index (χ0) is 19.2. The molecule has 1 atom stereocenters. The van der Waals surface area contributed by atoms with Gasteiger partial charge in [-0.25, -0.2) is 4.68 Å². The molecule has 6 nitrogen and oxygen atoms in total. The molecule has 1 fully saturated rings. The molecule has 1 aliphatic rings. The van der Waals surface area contributed by atoms with Crippen LogP contribution in [0.3, 0.4) is 0 Å². The van der Waals surface area contributed by atoms with E-state index in [0.29, 0.717) is 18.0 Å². The van der Waals surface area contributed by atoms with Crippen LogP contribution in [0, 0.1) is 0 Å². The average Bonchev–Trinajstić information content (AvgIpc) is 3.14. The second-order valence-corrected chi connectivity index (χ2v) is 8.15. The molecule has 1 saturated carbocycles. The third-order valence-corrected chi connectivity index (χ3v) is 5.65. The summed E-state index contributed by atoms with van der Waals surface area (Å²) in [7, 11) is 0. The fraction of sp³-hybridized carbons (Fsp3) is 0.667. The maximum absolute atomic E-state index is 6.09. The maximum atomic E-state index is 6.09. The Labute approximate surface area is 162 Å². The minimum Gasteiger partial charge on any atom is -0.328 e. The number of benzene rings is 1. The van der Waals surface area contributed by atoms with Gasteiger partial charge < -0.3 is 11.1 Å². The van der Waals surface area contributed by atoms with Gasteiger partial charge in [0.05, 0.1) is 6.04 Å². The van der Waals surface area contributed by atoms with Crippen molar-refractivity contribution in [3.05, 3.63) is 41.2 Å². The van der Waals surface area contributed by atoms with Crippen LogP contribution in [-0.2, 0) is 6.54 Å². The molecule has 3 rings (SSSR count). The molecule has 1 aromatic heterocycles. The van der Waals surface area contributed by atoms with E-state index >= 15 is 0 Å². The van der Waals surface area contributed by atoms with Gasteiger partial charge in [0.25, 0.3) is 0 Å². The average molecular weight is 371 g/mol. The van der Waals surface area contributed by atoms with Crippen LogP contribution in [0.4, 0.5) is 0 Å². The van der Waals surface area contributed by atoms with Crippen molar-refractivity contribution in [2.75, 3.05) is 0 Å². The third kappa shape index (κ3) is 5.14. The molecule has 3 N–H and O–H groups in total. The Kier molecular flexibility index (Phi) is 6.96. The van der Waals surface area contributed by atoms with Crippen LogP contribution < -0.4 is 11.1 Å². The number of rotatable bonds is 8. The number of nitrogens with zero attached hydrogens (tertiary/aromatic N) is 4. The van der Waals surface area contributed by atoms with Crippen LogP contribution in [0.5, 0.6) is 0 Å². The van der Waals surface area contributed by atoms with Crippen LogP contribution in [0.25, 0.3) is 0 Å². The lowest BCUT2D eigenvalue weighted by molar-refractivity contribution is 0.320. The van der Waals surface area contributed by atoms with Crippen LogP contribution in [0.15, 0.2) is 24.3 Å². The third-order valence-electron chi connectivity index (χ3n) is 5.65. The summed E-state index contributed by atoms with van der Waals surface area (Å²) in [6.07, 6.45) is 6.59. The summed E-state index contributed by atoms with van der Waals surface area (Å²) in [5.41, 5.74) is 8.67. The van der Waals surface area contributed by atoms with E-state index in [1.165, 1.54) is 11.1 Å². The van der Waals surface area contributed by atoms with Crippen LogP contribution in [0.1, 0.15) is 88.2 Å². The molecule has 1 aliphatic carbocycles. The molecule has 0 aliphatic heterocycles. The topological polar surface area (TPSA) is 81.7 Å². The number of hydrogen-bond donors (Lipinski definition) is 2. The van der Waals surface area contributed by atoms with E-state index in [1.54, 1.807) is 0 Å². The van der Waals surface area contributed by atoms with Gasteiger partial charge in [-0.3, -0.25) is 0 Å². The molecule has 148 valence electrons. The second-order valence-electron chi connectivity index (χ2n) is 8.15. The highest BCUT2D eigenvalue weighted by Gasteiger charge is 2.26. The molecule has 0 spiro atoms. The first-order valence-corrected chi connectivity index (χ1v) is 10.5. The summed E-state index contributed by atoms with van der Waals surface area (Å²) in [5, 5.41) is 16.5. The number of unbranched alkanes of at least 4 members (excludes halogenated alkanes) is 1. The highest BCUT2D eigenvalue weighted by Crippen LogP contribution is 2.26. The van der Waals surface area contributed by atoms with Crippen molar-refractivity contribution in [2.24, 2.45) is 5.73 Å². The van der Waals surface area contributed by atoms with Crippen LogP contribution in [0.2, 0.25) is 0 Å². The van der Waals surface area contributed by atoms with Gasteiger partial charge in [-0.1, -0.05) is 51.5 Å². The minimum absolute atomic E-state index is 0.0115. The summed E-state index contributed by atoms with van der Waals surface area (Å²) < 4.78 is 1.96. The summed E-state index contributed by atoms with van der Waals surface area (Å²) >= 11 is 0. The number of tetrazole rings is 1. The number of hydrogen-bond acceptors (Lipinski definition) is 5. The van der Waals surface area contributed by atoms with E-state index in [2.05, 4.69) is 65.9 Å². The normalized spacial score (nSPS) is 21.5. The van der Waals surface area contributed by atoms with E-state index in [9.17, 15) is 0 Å². The van der Waals surface area contributed by atoms with Crippen LogP contribution >= 0.6 is 0 Å². The molecule has 0 saturated heterocycles. The smallest absolute Gasteiger partial charge is 0.172 e. The summed E-state index contributed by atoms with van der Waals surface area (Å²) in [6, 6.07) is 9.72. The highest BCUT2D eigenvalue weighted by molar-refractivity contribution is 5.30. The fourth-order valence-electron chi connectivity index (χ4n) is 3.80. The zero-order valence-corrected chi connectivity index (χ0v) is 16.9. The molecule has 0 bridgehead atoms. The molecule has 6 heteroatoms. The second kappa shape index (κ2) is 9.42. The van der Waals surface area contributed by atoms with Crippen molar-refractivity contribution in [1.82, 2.24) is 25.5 Å². The maximum Gasteiger partial charge on any atom is 0.172 e. The van der Waals surface area contributed by atoms with Crippen LogP contribution in [-0.4, -0.2) is 32.3 Å². The summed E-state index contributed by atoms with van der Waals surface area (Å²) in [4.78, 5) is 0. The standard InChI is InChI=1S/C21H34N6/c1-4-5-14-27-21(24-25-26-27)20(23-19-12-10-18(22)11-13-19)17-8-6-16(7-9-17)15(2)3/h6-9,15,18-20,23H,4-5,10-14,22H2,1-3H3. The van der Waals surface area contributed by atoms with Gasteiger partial charge in [-0.15, -0.1) is 5.10 Å². The van der Waals surface area contributed by atoms with Gasteiger partial charge >= 0.3 is 0 Å². The molecule has 0 amide bonds. The molecule has 27 heavy (non-hydrogen) atoms. The molecular formula is C21H34N6. The SMILES string of the molecule is CCCCn1nnnc1C(NC1CCC(N)CC1)c1ccc(C(C)C)cc1. The lowest BCUT2D eigenvalue weighted by atomic mass is 9.90. The number of aromatic nitrogens is 4. The first-order valence-electron chi connectivity index (χ1n) is 10.5. The molecule has 2 aromatic rings. The fourth-order valence-corrected chi connectivity index (χ4v) is 3.80. The van der Waals surface area contributed by atoms with Crippen molar-refractivity contribution in [1.29, 1.82) is 0 Å². The Morgan fingerprint density at radius 3 is 2.41 bits per heavy atom. The lowest BCUT2D eigenvalue weighted by Gasteiger charge is -2.30. The Morgan fingerprint density at radius 1 is 1.11 bits per heavy atom. The van der Waals surface area contributed by atoms with E-state index in [1.807, 2.05) is 4.68 Å². The quantitative estimate of drug-likeness (QED) is 0.743. The van der Waals surface area contributed by atoms with Crippen molar-refractivity contribution < 1.29 is 0 Å². The van der Waals surface area contributed by atoms with Crippen molar-refractivity contribution >= 4 is 0 Å². The van der Waals surface area contributed by atoms with Gasteiger partial charge in [0.1, 0.15) is 0 Å². The van der Waals surface area contributed by atoms with Crippen molar-refractivity contribution in [2.45, 2.75) is 89.9 Å². The molecule has 1 heterocycles. The number of aryl methyl sites for hydroxylation is 1. The number of nitrogens with two attached hydrogens (primary N) is 1. The van der Waals surface area contributed by atoms with Gasteiger partial charge in [0.15, 0.2) is 5.82 Å². The van der Waals surface area contributed by atoms with Crippen molar-refractivity contribution in [3.8, 4) is 0 Å². The predicted octanol–water partition coefficient (Wildman–Crippen LogP) is 3.55. The number of nitrogens with one attached hydrogen (secondary N) is 1. The predicted molar refractivity (Wildman–Crippen MR) is 108 cm³/mol. The summed E-state index contributed by atoms with van der Waals surface area (Å²) in [6.45, 7) is 7.49. The Hall–Kier alpha value is -1.79. The first kappa shape index (κ1) is 20.0. The van der Waals surface area contributed by atoms with E-state index in [0.717, 1.165) is 50.9 Å². The Bertz CT molecular complexity index is 685. The van der Waals surface area contributed by atoms with E-state index in [4.69, 9.17) is 5.73 Å². The first-order chi connectivity index (χ1) is 13.1. The van der Waals surface area contributed by atoms with E-state index in [-0.39, 0.29) is 6.04 Å². The minimum atomic E-state index is 0.0115. The molecule has 1 unspecified atom stereocenters. The molecular weight excluding hydrogens is 336 g/mol. The highest BCUT2D eigenvalue weighted by atomic mass is 15.5. The summed E-state index contributed by atoms with van der Waals surface area (Å²) in [5.74, 6) is 1.44. The Balaban J connectivity index is 1.85. The molecule has 1 aromatic carbocycles. The van der Waals surface area contributed by atoms with Gasteiger partial charge in [-0.05, 0) is 59.6 Å². The zero-order valence-electron chi connectivity index (χ0n) is 16.9. The molecule has 0 radical (unpaired) electrons. The van der Waals surface area contributed by atoms with Gasteiger partial charge in [0.2, 0.25) is 0 Å². The van der Waals surface area contributed by atoms with Gasteiger partial charge in [0, 0.05) is 18.6 Å². The largest absolute Gasteiger partial charge is 0.328 e. The van der Waals surface area contributed by atoms with Crippen molar-refractivity contribution in [3.63, 3.8) is 0 Å². The Morgan fingerprint density at radius 2 is 1.78 bits per heavy atom. The van der Waals surface area contributed by atoms with Gasteiger partial charge in [-0.2, -0.15) is 0 Å². The monoisotopic (exact) mass is 370 g/mol.